The number of rotatable bonds is 13. The number of amides is 2. The Hall–Kier alpha value is -2.78. The Morgan fingerprint density at radius 3 is 2.49 bits per heavy atom. The molecule has 0 bridgehead atoms. The van der Waals surface area contributed by atoms with Gasteiger partial charge in [0.1, 0.15) is 11.8 Å². The van der Waals surface area contributed by atoms with Crippen molar-refractivity contribution >= 4 is 39.1 Å². The van der Waals surface area contributed by atoms with Crippen molar-refractivity contribution in [2.75, 3.05) is 30.8 Å². The third-order valence-electron chi connectivity index (χ3n) is 5.46. The monoisotopic (exact) mass is 523 g/mol. The van der Waals surface area contributed by atoms with Crippen molar-refractivity contribution in [3.8, 4) is 5.75 Å². The minimum atomic E-state index is -3.61. The van der Waals surface area contributed by atoms with E-state index in [0.717, 1.165) is 18.2 Å². The number of hydrogen-bond acceptors (Lipinski definition) is 5. The molecule has 0 saturated carbocycles. The fraction of sp³-hybridized carbons (Fsp3) is 0.440. The van der Waals surface area contributed by atoms with Crippen molar-refractivity contribution in [1.82, 2.24) is 10.2 Å². The zero-order valence-electron chi connectivity index (χ0n) is 20.7. The van der Waals surface area contributed by atoms with Crippen molar-refractivity contribution in [2.45, 2.75) is 45.7 Å². The van der Waals surface area contributed by atoms with Crippen molar-refractivity contribution < 1.29 is 22.7 Å². The summed E-state index contributed by atoms with van der Waals surface area (Å²) in [5.74, 6) is -0.0698. The standard InChI is InChI=1S/C25H34ClN3O5S/c1-5-15-27-25(31)19(2)28(18-20-10-8-11-21(26)17-20)24(30)14-9-16-29(35(4,32)33)22-12-6-7-13-23(22)34-3/h6-8,10-13,17,19H,5,9,14-16,18H2,1-4H3,(H,27,31). The SMILES string of the molecule is CCCNC(=O)C(C)N(Cc1cccc(Cl)c1)C(=O)CCCN(c1ccccc1OC)S(C)(=O)=O. The smallest absolute Gasteiger partial charge is 0.242 e. The average molecular weight is 524 g/mol. The van der Waals surface area contributed by atoms with Crippen LogP contribution >= 0.6 is 11.6 Å². The summed E-state index contributed by atoms with van der Waals surface area (Å²) in [6.07, 6.45) is 2.23. The van der Waals surface area contributed by atoms with Crippen molar-refractivity contribution in [1.29, 1.82) is 0 Å². The van der Waals surface area contributed by atoms with Gasteiger partial charge in [-0.3, -0.25) is 13.9 Å². The van der Waals surface area contributed by atoms with Gasteiger partial charge in [-0.05, 0) is 49.6 Å². The highest BCUT2D eigenvalue weighted by Crippen LogP contribution is 2.29. The van der Waals surface area contributed by atoms with Gasteiger partial charge < -0.3 is 15.0 Å². The molecule has 0 heterocycles. The molecular formula is C25H34ClN3O5S. The van der Waals surface area contributed by atoms with E-state index in [1.54, 1.807) is 49.4 Å². The summed E-state index contributed by atoms with van der Waals surface area (Å²) in [4.78, 5) is 27.4. The third kappa shape index (κ3) is 8.43. The fourth-order valence-electron chi connectivity index (χ4n) is 3.63. The molecule has 1 atom stereocenters. The van der Waals surface area contributed by atoms with Crippen LogP contribution in [-0.2, 0) is 26.2 Å². The van der Waals surface area contributed by atoms with Crippen LogP contribution in [0.2, 0.25) is 5.02 Å². The van der Waals surface area contributed by atoms with Crippen LogP contribution in [0.5, 0.6) is 5.75 Å². The highest BCUT2D eigenvalue weighted by Gasteiger charge is 2.27. The van der Waals surface area contributed by atoms with Gasteiger partial charge in [-0.1, -0.05) is 42.8 Å². The molecule has 0 aliphatic heterocycles. The summed E-state index contributed by atoms with van der Waals surface area (Å²) in [6.45, 7) is 4.46. The van der Waals surface area contributed by atoms with Gasteiger partial charge in [0, 0.05) is 31.1 Å². The summed E-state index contributed by atoms with van der Waals surface area (Å²) in [7, 11) is -2.14. The predicted octanol–water partition coefficient (Wildman–Crippen LogP) is 3.84. The van der Waals surface area contributed by atoms with Crippen LogP contribution in [0.1, 0.15) is 38.7 Å². The minimum Gasteiger partial charge on any atom is -0.495 e. The number of para-hydroxylation sites is 2. The number of nitrogens with zero attached hydrogens (tertiary/aromatic N) is 2. The van der Waals surface area contributed by atoms with Crippen LogP contribution in [0.15, 0.2) is 48.5 Å². The Bertz CT molecular complexity index is 1110. The van der Waals surface area contributed by atoms with E-state index < -0.39 is 16.1 Å². The van der Waals surface area contributed by atoms with Crippen LogP contribution in [0.25, 0.3) is 0 Å². The van der Waals surface area contributed by atoms with Gasteiger partial charge in [-0.25, -0.2) is 8.42 Å². The summed E-state index contributed by atoms with van der Waals surface area (Å²) >= 11 is 6.11. The predicted molar refractivity (Wildman–Crippen MR) is 139 cm³/mol. The first-order valence-corrected chi connectivity index (χ1v) is 13.7. The van der Waals surface area contributed by atoms with Crippen LogP contribution in [0.3, 0.4) is 0 Å². The molecule has 0 fully saturated rings. The molecule has 0 aromatic heterocycles. The molecule has 0 saturated heterocycles. The maximum atomic E-state index is 13.3. The molecule has 2 rings (SSSR count). The first-order chi connectivity index (χ1) is 16.6. The topological polar surface area (TPSA) is 96.0 Å². The Morgan fingerprint density at radius 1 is 1.14 bits per heavy atom. The molecule has 0 spiro atoms. The van der Waals surface area contributed by atoms with Crippen molar-refractivity contribution in [2.24, 2.45) is 0 Å². The van der Waals surface area contributed by atoms with Gasteiger partial charge in [-0.15, -0.1) is 0 Å². The van der Waals surface area contributed by atoms with Crippen LogP contribution in [0.4, 0.5) is 5.69 Å². The van der Waals surface area contributed by atoms with E-state index in [1.807, 2.05) is 13.0 Å². The molecule has 0 radical (unpaired) electrons. The van der Waals surface area contributed by atoms with Crippen LogP contribution < -0.4 is 14.4 Å². The highest BCUT2D eigenvalue weighted by atomic mass is 35.5. The van der Waals surface area contributed by atoms with E-state index in [9.17, 15) is 18.0 Å². The molecule has 1 unspecified atom stereocenters. The lowest BCUT2D eigenvalue weighted by molar-refractivity contribution is -0.140. The molecule has 0 aliphatic carbocycles. The fourth-order valence-corrected chi connectivity index (χ4v) is 4.81. The number of nitrogens with one attached hydrogen (secondary N) is 1. The maximum absolute atomic E-state index is 13.3. The van der Waals surface area contributed by atoms with Gasteiger partial charge in [0.05, 0.1) is 19.1 Å². The van der Waals surface area contributed by atoms with E-state index in [0.29, 0.717) is 23.0 Å². The number of methoxy groups -OCH3 is 1. The van der Waals surface area contributed by atoms with E-state index in [1.165, 1.54) is 16.3 Å². The lowest BCUT2D eigenvalue weighted by Crippen LogP contribution is -2.47. The second kappa shape index (κ2) is 13.3. The van der Waals surface area contributed by atoms with Gasteiger partial charge >= 0.3 is 0 Å². The molecule has 192 valence electrons. The number of carbonyl (C=O) groups excluding carboxylic acids is 2. The van der Waals surface area contributed by atoms with E-state index >= 15 is 0 Å². The normalized spacial score (nSPS) is 12.0. The van der Waals surface area contributed by atoms with Crippen molar-refractivity contribution in [3.05, 3.63) is 59.1 Å². The number of benzene rings is 2. The number of halogens is 1. The van der Waals surface area contributed by atoms with E-state index in [4.69, 9.17) is 16.3 Å². The summed E-state index contributed by atoms with van der Waals surface area (Å²) < 4.78 is 31.5. The summed E-state index contributed by atoms with van der Waals surface area (Å²) in [6, 6.07) is 13.3. The molecule has 2 aromatic rings. The maximum Gasteiger partial charge on any atom is 0.242 e. The molecular weight excluding hydrogens is 490 g/mol. The summed E-state index contributed by atoms with van der Waals surface area (Å²) in [5, 5.41) is 3.37. The molecule has 2 amide bonds. The van der Waals surface area contributed by atoms with Gasteiger partial charge in [0.25, 0.3) is 0 Å². The molecule has 8 nitrogen and oxygen atoms in total. The Morgan fingerprint density at radius 2 is 1.86 bits per heavy atom. The second-order valence-electron chi connectivity index (χ2n) is 8.23. The lowest BCUT2D eigenvalue weighted by atomic mass is 10.1. The number of sulfonamides is 1. The number of hydrogen-bond donors (Lipinski definition) is 1. The van der Waals surface area contributed by atoms with Gasteiger partial charge in [-0.2, -0.15) is 0 Å². The van der Waals surface area contributed by atoms with Crippen molar-refractivity contribution in [3.63, 3.8) is 0 Å². The van der Waals surface area contributed by atoms with E-state index in [2.05, 4.69) is 5.32 Å². The van der Waals surface area contributed by atoms with Gasteiger partial charge in [0.2, 0.25) is 21.8 Å². The third-order valence-corrected chi connectivity index (χ3v) is 6.88. The zero-order valence-corrected chi connectivity index (χ0v) is 22.2. The van der Waals surface area contributed by atoms with Crippen LogP contribution in [-0.4, -0.2) is 57.6 Å². The van der Waals surface area contributed by atoms with Gasteiger partial charge in [0.15, 0.2) is 0 Å². The molecule has 0 aliphatic rings. The quantitative estimate of drug-likeness (QED) is 0.430. The minimum absolute atomic E-state index is 0.0626. The first-order valence-electron chi connectivity index (χ1n) is 11.5. The average Bonchev–Trinajstić information content (AvgIpc) is 2.82. The molecule has 1 N–H and O–H groups in total. The highest BCUT2D eigenvalue weighted by molar-refractivity contribution is 7.92. The zero-order chi connectivity index (χ0) is 26.0. The number of ether oxygens (including phenoxy) is 1. The molecule has 10 heteroatoms. The Kier molecular flexibility index (Phi) is 10.9. The number of anilines is 1. The summed E-state index contributed by atoms with van der Waals surface area (Å²) in [5.41, 5.74) is 1.21. The molecule has 2 aromatic carbocycles. The first kappa shape index (κ1) is 28.5. The van der Waals surface area contributed by atoms with E-state index in [-0.39, 0.29) is 37.7 Å². The Balaban J connectivity index is 2.18. The largest absolute Gasteiger partial charge is 0.495 e. The molecule has 35 heavy (non-hydrogen) atoms. The second-order valence-corrected chi connectivity index (χ2v) is 10.6. The Labute approximate surface area is 213 Å². The lowest BCUT2D eigenvalue weighted by Gasteiger charge is -2.29. The van der Waals surface area contributed by atoms with Crippen LogP contribution in [0, 0.1) is 0 Å². The number of carbonyl (C=O) groups is 2.